The van der Waals surface area contributed by atoms with E-state index in [1.807, 2.05) is 6.92 Å². The van der Waals surface area contributed by atoms with Crippen molar-refractivity contribution in [2.24, 2.45) is 11.8 Å². The van der Waals surface area contributed by atoms with Crippen LogP contribution < -0.4 is 10.1 Å². The van der Waals surface area contributed by atoms with Crippen LogP contribution in [0.4, 0.5) is 5.69 Å². The molecule has 0 aliphatic heterocycles. The molecule has 0 aliphatic rings. The number of hydrogen-bond acceptors (Lipinski definition) is 4. The molecule has 0 radical (unpaired) electrons. The van der Waals surface area contributed by atoms with Gasteiger partial charge in [-0.05, 0) is 49.3 Å². The van der Waals surface area contributed by atoms with E-state index in [0.29, 0.717) is 48.3 Å². The fraction of sp³-hybridized carbons (Fsp3) is 0.619. The number of nitriles is 1. The fourth-order valence-corrected chi connectivity index (χ4v) is 3.19. The molecule has 144 valence electrons. The number of carbonyl (C=O) groups is 1. The Morgan fingerprint density at radius 1 is 1.23 bits per heavy atom. The number of rotatable bonds is 10. The molecule has 1 aromatic rings. The van der Waals surface area contributed by atoms with Crippen LogP contribution in [0.3, 0.4) is 0 Å². The van der Waals surface area contributed by atoms with Gasteiger partial charge in [-0.1, -0.05) is 34.6 Å². The van der Waals surface area contributed by atoms with Crippen molar-refractivity contribution in [1.82, 2.24) is 0 Å². The van der Waals surface area contributed by atoms with Gasteiger partial charge in [0, 0.05) is 12.3 Å². The van der Waals surface area contributed by atoms with E-state index in [4.69, 9.17) is 9.47 Å². The second-order valence-corrected chi connectivity index (χ2v) is 7.52. The Bertz CT molecular complexity index is 623. The van der Waals surface area contributed by atoms with Crippen molar-refractivity contribution in [1.29, 1.82) is 5.26 Å². The van der Waals surface area contributed by atoms with Gasteiger partial charge in [0.2, 0.25) is 0 Å². The van der Waals surface area contributed by atoms with Crippen LogP contribution in [-0.2, 0) is 9.53 Å². The quantitative estimate of drug-likeness (QED) is 0.653. The van der Waals surface area contributed by atoms with Gasteiger partial charge in [0.05, 0.1) is 12.7 Å². The predicted octanol–water partition coefficient (Wildman–Crippen LogP) is 4.76. The van der Waals surface area contributed by atoms with Gasteiger partial charge in [-0.3, -0.25) is 4.79 Å². The number of carbonyl (C=O) groups excluding carboxylic acids is 1. The van der Waals surface area contributed by atoms with Crippen molar-refractivity contribution in [3.05, 3.63) is 23.8 Å². The normalized spacial score (nSPS) is 11.5. The van der Waals surface area contributed by atoms with Gasteiger partial charge in [0.25, 0.3) is 5.91 Å². The molecular weight excluding hydrogens is 328 g/mol. The van der Waals surface area contributed by atoms with E-state index in [2.05, 4.69) is 39.1 Å². The first-order chi connectivity index (χ1) is 12.3. The number of nitrogens with zero attached hydrogens (tertiary/aromatic N) is 1. The molecular formula is C21H32N2O3. The second kappa shape index (κ2) is 10.2. The maximum atomic E-state index is 13.2. The van der Waals surface area contributed by atoms with Crippen LogP contribution >= 0.6 is 0 Å². The number of methoxy groups -OCH3 is 1. The summed E-state index contributed by atoms with van der Waals surface area (Å²) in [5.74, 6) is 0.981. The molecule has 0 atom stereocenters. The highest BCUT2D eigenvalue weighted by molar-refractivity contribution is 5.97. The number of benzene rings is 1. The lowest BCUT2D eigenvalue weighted by atomic mass is 9.83. The van der Waals surface area contributed by atoms with Crippen LogP contribution in [0.2, 0.25) is 0 Å². The van der Waals surface area contributed by atoms with E-state index in [-0.39, 0.29) is 5.91 Å². The summed E-state index contributed by atoms with van der Waals surface area (Å²) in [6, 6.07) is 7.15. The van der Waals surface area contributed by atoms with Crippen LogP contribution in [0.1, 0.15) is 59.4 Å². The number of anilines is 1. The minimum absolute atomic E-state index is 0.151. The molecule has 1 amide bonds. The molecule has 1 rings (SSSR count). The van der Waals surface area contributed by atoms with Crippen molar-refractivity contribution < 1.29 is 14.3 Å². The molecule has 0 aromatic heterocycles. The van der Waals surface area contributed by atoms with Gasteiger partial charge in [-0.2, -0.15) is 5.26 Å². The Morgan fingerprint density at radius 3 is 2.31 bits per heavy atom. The summed E-state index contributed by atoms with van der Waals surface area (Å²) in [5, 5.41) is 12.2. The smallest absolute Gasteiger partial charge is 0.256 e. The van der Waals surface area contributed by atoms with E-state index in [0.717, 1.165) is 6.42 Å². The lowest BCUT2D eigenvalue weighted by molar-refractivity contribution is -0.147. The molecule has 0 saturated carbocycles. The Kier molecular flexibility index (Phi) is 8.60. The van der Waals surface area contributed by atoms with Crippen LogP contribution in [-0.4, -0.2) is 25.2 Å². The van der Waals surface area contributed by atoms with Gasteiger partial charge in [-0.15, -0.1) is 0 Å². The molecule has 0 spiro atoms. The molecule has 1 aromatic carbocycles. The molecule has 5 heteroatoms. The fourth-order valence-electron chi connectivity index (χ4n) is 3.19. The van der Waals surface area contributed by atoms with Crippen molar-refractivity contribution in [2.75, 3.05) is 19.0 Å². The zero-order chi connectivity index (χ0) is 19.7. The van der Waals surface area contributed by atoms with E-state index < -0.39 is 5.60 Å². The first-order valence-electron chi connectivity index (χ1n) is 9.31. The Morgan fingerprint density at radius 2 is 1.85 bits per heavy atom. The van der Waals surface area contributed by atoms with Crippen molar-refractivity contribution in [3.63, 3.8) is 0 Å². The molecule has 0 fully saturated rings. The minimum Gasteiger partial charge on any atom is -0.495 e. The summed E-state index contributed by atoms with van der Waals surface area (Å²) < 4.78 is 11.3. The Balaban J connectivity index is 3.16. The molecule has 26 heavy (non-hydrogen) atoms. The first kappa shape index (κ1) is 22.0. The van der Waals surface area contributed by atoms with Crippen LogP contribution in [0.5, 0.6) is 5.75 Å². The molecule has 0 unspecified atom stereocenters. The summed E-state index contributed by atoms with van der Waals surface area (Å²) in [4.78, 5) is 13.2. The summed E-state index contributed by atoms with van der Waals surface area (Å²) in [5.41, 5.74) is 0.0906. The molecule has 0 aliphatic carbocycles. The Labute approximate surface area is 157 Å². The highest BCUT2D eigenvalue weighted by Crippen LogP contribution is 2.31. The van der Waals surface area contributed by atoms with Crippen molar-refractivity contribution in [3.8, 4) is 11.8 Å². The van der Waals surface area contributed by atoms with E-state index in [1.165, 1.54) is 7.11 Å². The summed E-state index contributed by atoms with van der Waals surface area (Å²) in [7, 11) is 1.52. The third-order valence-electron chi connectivity index (χ3n) is 4.05. The zero-order valence-corrected chi connectivity index (χ0v) is 16.9. The molecule has 0 saturated heterocycles. The third kappa shape index (κ3) is 6.03. The minimum atomic E-state index is -0.870. The number of amides is 1. The van der Waals surface area contributed by atoms with Crippen molar-refractivity contribution in [2.45, 2.75) is 59.5 Å². The number of nitrogens with one attached hydrogen (secondary N) is 1. The standard InChI is InChI=1S/C21H32N2O3/c1-7-10-26-21(12-15(2)3,13-16(4)5)20(24)23-18-8-9-19(25-6)17(11-18)14-22/h8-9,11,15-16H,7,10,12-13H2,1-6H3,(H,23,24). The third-order valence-corrected chi connectivity index (χ3v) is 4.05. The van der Waals surface area contributed by atoms with Crippen LogP contribution in [0.25, 0.3) is 0 Å². The monoisotopic (exact) mass is 360 g/mol. The maximum Gasteiger partial charge on any atom is 0.256 e. The molecule has 1 N–H and O–H groups in total. The average Bonchev–Trinajstić information content (AvgIpc) is 2.58. The van der Waals surface area contributed by atoms with Crippen molar-refractivity contribution >= 4 is 11.6 Å². The van der Waals surface area contributed by atoms with Gasteiger partial charge >= 0.3 is 0 Å². The summed E-state index contributed by atoms with van der Waals surface area (Å²) in [6.07, 6.45) is 2.16. The zero-order valence-electron chi connectivity index (χ0n) is 16.9. The number of ether oxygens (including phenoxy) is 2. The Hall–Kier alpha value is -2.06. The molecule has 5 nitrogen and oxygen atoms in total. The predicted molar refractivity (Wildman–Crippen MR) is 104 cm³/mol. The second-order valence-electron chi connectivity index (χ2n) is 7.52. The van der Waals surface area contributed by atoms with E-state index in [9.17, 15) is 10.1 Å². The topological polar surface area (TPSA) is 71.3 Å². The van der Waals surface area contributed by atoms with Gasteiger partial charge in [0.15, 0.2) is 0 Å². The maximum absolute atomic E-state index is 13.2. The van der Waals surface area contributed by atoms with Crippen LogP contribution in [0.15, 0.2) is 18.2 Å². The summed E-state index contributed by atoms with van der Waals surface area (Å²) in [6.45, 7) is 11.0. The van der Waals surface area contributed by atoms with Gasteiger partial charge in [0.1, 0.15) is 17.4 Å². The number of hydrogen-bond donors (Lipinski definition) is 1. The first-order valence-corrected chi connectivity index (χ1v) is 9.31. The van der Waals surface area contributed by atoms with Gasteiger partial charge < -0.3 is 14.8 Å². The van der Waals surface area contributed by atoms with E-state index >= 15 is 0 Å². The van der Waals surface area contributed by atoms with E-state index in [1.54, 1.807) is 18.2 Å². The average molecular weight is 360 g/mol. The highest BCUT2D eigenvalue weighted by Gasteiger charge is 2.40. The summed E-state index contributed by atoms with van der Waals surface area (Å²) >= 11 is 0. The largest absolute Gasteiger partial charge is 0.495 e. The SMILES string of the molecule is CCCOC(CC(C)C)(CC(C)C)C(=O)Nc1ccc(OC)c(C#N)c1. The van der Waals surface area contributed by atoms with Gasteiger partial charge in [-0.25, -0.2) is 0 Å². The lowest BCUT2D eigenvalue weighted by Crippen LogP contribution is -2.47. The molecule has 0 bridgehead atoms. The lowest BCUT2D eigenvalue weighted by Gasteiger charge is -2.35. The molecule has 0 heterocycles. The van der Waals surface area contributed by atoms with Crippen LogP contribution in [0, 0.1) is 23.2 Å². The highest BCUT2D eigenvalue weighted by atomic mass is 16.5.